The average Bonchev–Trinajstić information content (AvgIpc) is 2.89. The smallest absolute Gasteiger partial charge is 0.334 e. The van der Waals surface area contributed by atoms with E-state index in [9.17, 15) is 14.4 Å². The molecule has 3 aliphatic heterocycles. The standard InChI is InChI=1S/C22H26O6/c1-12(2)18-7-6-16-9-17(26-21(16)25)8-13(3)10-22(27-15(5)23)11-14(4)19(24)20(18)28-22/h9-11,17-18,20H,1,6-8H2,2-5H3/b13-10-/t17-,18-,20-,22?/m0/s1. The Morgan fingerprint density at radius 3 is 2.61 bits per heavy atom. The third-order valence-corrected chi connectivity index (χ3v) is 5.28. The van der Waals surface area contributed by atoms with Crippen molar-refractivity contribution < 1.29 is 28.6 Å². The lowest BCUT2D eigenvalue weighted by molar-refractivity contribution is -0.212. The quantitative estimate of drug-likeness (QED) is 0.535. The Bertz CT molecular complexity index is 830. The molecular weight excluding hydrogens is 360 g/mol. The van der Waals surface area contributed by atoms with Crippen molar-refractivity contribution in [3.05, 3.63) is 47.1 Å². The molecule has 0 spiro atoms. The van der Waals surface area contributed by atoms with Gasteiger partial charge in [-0.05, 0) is 57.4 Å². The van der Waals surface area contributed by atoms with Gasteiger partial charge in [-0.15, -0.1) is 0 Å². The molecule has 0 aromatic heterocycles. The molecule has 0 amide bonds. The van der Waals surface area contributed by atoms with E-state index in [2.05, 4.69) is 6.58 Å². The summed E-state index contributed by atoms with van der Waals surface area (Å²) >= 11 is 0. The van der Waals surface area contributed by atoms with Gasteiger partial charge < -0.3 is 14.2 Å². The minimum absolute atomic E-state index is 0.167. The molecule has 3 heterocycles. The highest BCUT2D eigenvalue weighted by Gasteiger charge is 2.45. The zero-order valence-corrected chi connectivity index (χ0v) is 16.7. The lowest BCUT2D eigenvalue weighted by atomic mass is 9.83. The Kier molecular flexibility index (Phi) is 5.44. The molecular formula is C22H26O6. The minimum Gasteiger partial charge on any atom is -0.454 e. The molecule has 3 aliphatic rings. The highest BCUT2D eigenvalue weighted by Crippen LogP contribution is 2.38. The third kappa shape index (κ3) is 4.02. The second kappa shape index (κ2) is 7.51. The number of esters is 2. The van der Waals surface area contributed by atoms with Gasteiger partial charge >= 0.3 is 11.9 Å². The van der Waals surface area contributed by atoms with Crippen molar-refractivity contribution in [2.24, 2.45) is 5.92 Å². The Morgan fingerprint density at radius 1 is 1.25 bits per heavy atom. The van der Waals surface area contributed by atoms with E-state index < -0.39 is 17.9 Å². The van der Waals surface area contributed by atoms with Crippen molar-refractivity contribution in [1.29, 1.82) is 0 Å². The van der Waals surface area contributed by atoms with Gasteiger partial charge in [-0.1, -0.05) is 17.7 Å². The summed E-state index contributed by atoms with van der Waals surface area (Å²) in [7, 11) is 0. The van der Waals surface area contributed by atoms with E-state index in [0.29, 0.717) is 30.4 Å². The van der Waals surface area contributed by atoms with Crippen molar-refractivity contribution in [3.8, 4) is 0 Å². The first-order chi connectivity index (χ1) is 13.1. The Hall–Kier alpha value is -2.47. The molecule has 0 saturated heterocycles. The number of carbonyl (C=O) groups excluding carboxylic acids is 3. The molecule has 0 fully saturated rings. The molecule has 4 atom stereocenters. The summed E-state index contributed by atoms with van der Waals surface area (Å²) in [5.41, 5.74) is 2.68. The van der Waals surface area contributed by atoms with Gasteiger partial charge in [0.2, 0.25) is 0 Å². The normalized spacial score (nSPS) is 34.7. The van der Waals surface area contributed by atoms with Gasteiger partial charge in [-0.3, -0.25) is 9.59 Å². The molecule has 4 bridgehead atoms. The summed E-state index contributed by atoms with van der Waals surface area (Å²) in [5.74, 6) is -2.81. The van der Waals surface area contributed by atoms with Gasteiger partial charge in [-0.2, -0.15) is 0 Å². The molecule has 0 aliphatic carbocycles. The van der Waals surface area contributed by atoms with E-state index in [1.165, 1.54) is 6.92 Å². The molecule has 0 aromatic rings. The zero-order valence-electron chi connectivity index (χ0n) is 16.7. The van der Waals surface area contributed by atoms with Gasteiger partial charge in [0.25, 0.3) is 5.79 Å². The van der Waals surface area contributed by atoms with Crippen LogP contribution in [-0.4, -0.2) is 35.7 Å². The van der Waals surface area contributed by atoms with Crippen LogP contribution in [0, 0.1) is 5.92 Å². The number of hydrogen-bond acceptors (Lipinski definition) is 6. The molecule has 28 heavy (non-hydrogen) atoms. The second-order valence-corrected chi connectivity index (χ2v) is 7.87. The summed E-state index contributed by atoms with van der Waals surface area (Å²) in [5, 5.41) is 0. The van der Waals surface area contributed by atoms with Gasteiger partial charge in [-0.25, -0.2) is 4.79 Å². The van der Waals surface area contributed by atoms with Crippen LogP contribution < -0.4 is 0 Å². The Balaban J connectivity index is 2.12. The number of ether oxygens (including phenoxy) is 3. The fourth-order valence-electron chi connectivity index (χ4n) is 4.04. The first-order valence-corrected chi connectivity index (χ1v) is 9.46. The van der Waals surface area contributed by atoms with Crippen LogP contribution in [0.3, 0.4) is 0 Å². The van der Waals surface area contributed by atoms with E-state index in [-0.39, 0.29) is 23.8 Å². The highest BCUT2D eigenvalue weighted by molar-refractivity contribution is 6.00. The number of rotatable bonds is 2. The summed E-state index contributed by atoms with van der Waals surface area (Å²) in [4.78, 5) is 36.9. The fraction of sp³-hybridized carbons (Fsp3) is 0.500. The van der Waals surface area contributed by atoms with Crippen LogP contribution in [0.1, 0.15) is 47.0 Å². The molecule has 0 radical (unpaired) electrons. The van der Waals surface area contributed by atoms with Crippen molar-refractivity contribution >= 4 is 17.7 Å². The molecule has 6 heteroatoms. The van der Waals surface area contributed by atoms with Crippen molar-refractivity contribution in [3.63, 3.8) is 0 Å². The maximum Gasteiger partial charge on any atom is 0.334 e. The third-order valence-electron chi connectivity index (χ3n) is 5.28. The van der Waals surface area contributed by atoms with Crippen LogP contribution >= 0.6 is 0 Å². The number of hydrogen-bond donors (Lipinski definition) is 0. The highest BCUT2D eigenvalue weighted by atomic mass is 16.7. The summed E-state index contributed by atoms with van der Waals surface area (Å²) in [6.07, 6.45) is 5.29. The number of fused-ring (bicyclic) bond motifs is 3. The molecule has 1 unspecified atom stereocenters. The Labute approximate surface area is 164 Å². The van der Waals surface area contributed by atoms with E-state index >= 15 is 0 Å². The van der Waals surface area contributed by atoms with E-state index in [1.807, 2.05) is 19.9 Å². The van der Waals surface area contributed by atoms with Gasteiger partial charge in [0.15, 0.2) is 5.78 Å². The van der Waals surface area contributed by atoms with Crippen molar-refractivity contribution in [1.82, 2.24) is 0 Å². The van der Waals surface area contributed by atoms with Crippen LogP contribution in [0.25, 0.3) is 0 Å². The van der Waals surface area contributed by atoms with E-state index in [0.717, 1.165) is 11.1 Å². The van der Waals surface area contributed by atoms with Crippen LogP contribution in [-0.2, 0) is 28.6 Å². The van der Waals surface area contributed by atoms with Crippen LogP contribution in [0.4, 0.5) is 0 Å². The van der Waals surface area contributed by atoms with Crippen LogP contribution in [0.15, 0.2) is 47.1 Å². The average molecular weight is 386 g/mol. The lowest BCUT2D eigenvalue weighted by Gasteiger charge is -2.39. The minimum atomic E-state index is -1.47. The number of Topliss-reactive ketones (excluding diaryl/α,β-unsaturated/α-hetero) is 1. The first-order valence-electron chi connectivity index (χ1n) is 9.46. The van der Waals surface area contributed by atoms with Crippen LogP contribution in [0.5, 0.6) is 0 Å². The molecule has 0 N–H and O–H groups in total. The molecule has 3 rings (SSSR count). The predicted molar refractivity (Wildman–Crippen MR) is 102 cm³/mol. The Morgan fingerprint density at radius 2 is 1.96 bits per heavy atom. The number of carbonyl (C=O) groups is 3. The summed E-state index contributed by atoms with van der Waals surface area (Å²) in [6.45, 7) is 10.7. The first kappa shape index (κ1) is 20.3. The van der Waals surface area contributed by atoms with Gasteiger partial charge in [0.1, 0.15) is 12.2 Å². The molecule has 6 nitrogen and oxygen atoms in total. The number of ketones is 1. The fourth-order valence-corrected chi connectivity index (χ4v) is 4.04. The monoisotopic (exact) mass is 386 g/mol. The topological polar surface area (TPSA) is 78.9 Å². The zero-order chi connectivity index (χ0) is 20.6. The lowest BCUT2D eigenvalue weighted by Crippen LogP contribution is -2.48. The summed E-state index contributed by atoms with van der Waals surface area (Å²) < 4.78 is 17.1. The van der Waals surface area contributed by atoms with Crippen LogP contribution in [0.2, 0.25) is 0 Å². The van der Waals surface area contributed by atoms with E-state index in [4.69, 9.17) is 14.2 Å². The largest absolute Gasteiger partial charge is 0.454 e. The SMILES string of the molecule is C=C(C)[C@@H]1CCC2=C[C@H](C/C(C)=C\C3(OC(C)=O)C=C(C)C(=O)[C@H]1O3)OC2=O. The van der Waals surface area contributed by atoms with Crippen molar-refractivity contribution in [2.75, 3.05) is 0 Å². The predicted octanol–water partition coefficient (Wildman–Crippen LogP) is 3.33. The summed E-state index contributed by atoms with van der Waals surface area (Å²) in [6, 6.07) is 0. The maximum absolute atomic E-state index is 12.9. The molecule has 0 saturated carbocycles. The van der Waals surface area contributed by atoms with Gasteiger partial charge in [0.05, 0.1) is 0 Å². The second-order valence-electron chi connectivity index (χ2n) is 7.87. The van der Waals surface area contributed by atoms with Gasteiger partial charge in [0, 0.05) is 24.8 Å². The molecule has 150 valence electrons. The van der Waals surface area contributed by atoms with Crippen molar-refractivity contribution in [2.45, 2.75) is 65.0 Å². The maximum atomic E-state index is 12.9. The molecule has 0 aromatic carbocycles. The van der Waals surface area contributed by atoms with E-state index in [1.54, 1.807) is 19.1 Å².